The van der Waals surface area contributed by atoms with Crippen LogP contribution in [0.25, 0.3) is 0 Å². The Morgan fingerprint density at radius 2 is 1.35 bits per heavy atom. The van der Waals surface area contributed by atoms with E-state index in [2.05, 4.69) is 0 Å². The number of imide groups is 2. The Hall–Kier alpha value is -3.96. The van der Waals surface area contributed by atoms with Gasteiger partial charge in [-0.05, 0) is 41.7 Å². The number of carbonyl (C=O) groups excluding carboxylic acids is 4. The van der Waals surface area contributed by atoms with Gasteiger partial charge in [-0.3, -0.25) is 29.0 Å². The number of methoxy groups -OCH3 is 2. The number of hydrogen-bond acceptors (Lipinski definition) is 9. The summed E-state index contributed by atoms with van der Waals surface area (Å²) in [5.74, 6) is -4.00. The number of benzene rings is 1. The minimum Gasteiger partial charge on any atom is -0.508 e. The van der Waals surface area contributed by atoms with E-state index in [1.807, 2.05) is 41.1 Å². The zero-order valence-electron chi connectivity index (χ0n) is 23.6. The van der Waals surface area contributed by atoms with E-state index in [0.717, 1.165) is 15.3 Å². The summed E-state index contributed by atoms with van der Waals surface area (Å²) in [6.07, 6.45) is 2.66. The zero-order chi connectivity index (χ0) is 30.0. The average Bonchev–Trinajstić information content (AvgIpc) is 3.80. The first-order valence-electron chi connectivity index (χ1n) is 14.2. The Morgan fingerprint density at radius 1 is 0.791 bits per heavy atom. The van der Waals surface area contributed by atoms with Gasteiger partial charge in [-0.25, -0.2) is 0 Å². The Morgan fingerprint density at radius 3 is 1.88 bits per heavy atom. The average molecular weight is 619 g/mol. The summed E-state index contributed by atoms with van der Waals surface area (Å²) in [5.41, 5.74) is 1.40. The number of hydrogen-bond donors (Lipinski definition) is 1. The normalized spacial score (nSPS) is 28.1. The van der Waals surface area contributed by atoms with Gasteiger partial charge in [-0.1, -0.05) is 23.8 Å². The van der Waals surface area contributed by atoms with Gasteiger partial charge >= 0.3 is 0 Å². The predicted octanol–water partition coefficient (Wildman–Crippen LogP) is 4.57. The number of nitrogens with zero attached hydrogens (tertiary/aromatic N) is 2. The quantitative estimate of drug-likeness (QED) is 0.305. The van der Waals surface area contributed by atoms with Crippen LogP contribution in [0.3, 0.4) is 0 Å². The van der Waals surface area contributed by atoms with Gasteiger partial charge in [0.25, 0.3) is 0 Å². The fourth-order valence-electron chi connectivity index (χ4n) is 7.70. The smallest absolute Gasteiger partial charge is 0.234 e. The minimum absolute atomic E-state index is 0.0621. The molecule has 11 heteroatoms. The molecule has 1 saturated carbocycles. The van der Waals surface area contributed by atoms with E-state index in [9.17, 15) is 24.3 Å². The second kappa shape index (κ2) is 10.6. The molecule has 0 bridgehead atoms. The maximum Gasteiger partial charge on any atom is 0.234 e. The molecule has 2 aliphatic carbocycles. The first-order chi connectivity index (χ1) is 20.8. The van der Waals surface area contributed by atoms with Crippen LogP contribution in [0.1, 0.15) is 34.1 Å². The molecular weight excluding hydrogens is 588 g/mol. The molecular formula is C32H30N2O7S2. The number of carbonyl (C=O) groups is 4. The van der Waals surface area contributed by atoms with Crippen LogP contribution in [-0.4, -0.2) is 52.8 Å². The highest BCUT2D eigenvalue weighted by molar-refractivity contribution is 7.10. The standard InChI is InChI=1S/C32H30N2O7S2/c1-40-23-11-16(35)12-24(41-2)28(23)26-19-7-8-20-25(31(38)33(29(20)36)14-17-5-3-9-42-17)21(19)13-22-27(26)32(39)34(30(22)37)15-18-6-4-10-43-18/h3-7,9-12,20-22,25-27,35H,8,13-15H2,1-2H3/t20-,21+,22+,25-,26-,27+/m0/s1. The summed E-state index contributed by atoms with van der Waals surface area (Å²) in [4.78, 5) is 60.4. The van der Waals surface area contributed by atoms with Crippen LogP contribution in [-0.2, 0) is 32.3 Å². The molecule has 2 aromatic heterocycles. The molecule has 4 heterocycles. The van der Waals surface area contributed by atoms with Gasteiger partial charge in [0.2, 0.25) is 23.6 Å². The van der Waals surface area contributed by atoms with Crippen molar-refractivity contribution < 1.29 is 33.8 Å². The lowest BCUT2D eigenvalue weighted by atomic mass is 9.57. The van der Waals surface area contributed by atoms with Crippen molar-refractivity contribution in [3.05, 3.63) is 74.1 Å². The highest BCUT2D eigenvalue weighted by Gasteiger charge is 2.62. The molecule has 0 spiro atoms. The fourth-order valence-corrected chi connectivity index (χ4v) is 9.09. The fraction of sp³-hybridized carbons (Fsp3) is 0.375. The maximum absolute atomic E-state index is 14.2. The number of fused-ring (bicyclic) bond motifs is 4. The Labute approximate surface area is 256 Å². The van der Waals surface area contributed by atoms with Crippen molar-refractivity contribution in [3.8, 4) is 17.2 Å². The largest absolute Gasteiger partial charge is 0.508 e. The van der Waals surface area contributed by atoms with Crippen LogP contribution < -0.4 is 9.47 Å². The SMILES string of the molecule is COc1cc(O)cc(OC)c1[C@H]1C2=CC[C@@H]3C(=O)N(Cc4cccs4)C(=O)[C@@H]3[C@@H]2C[C@H]2C(=O)N(Cc3cccs3)C(=O)[C@@H]12. The molecule has 4 amide bonds. The van der Waals surface area contributed by atoms with Crippen LogP contribution in [0.2, 0.25) is 0 Å². The number of aromatic hydroxyl groups is 1. The van der Waals surface area contributed by atoms with E-state index < -0.39 is 35.5 Å². The second-order valence-electron chi connectivity index (χ2n) is 11.5. The van der Waals surface area contributed by atoms with Gasteiger partial charge in [0.1, 0.15) is 17.2 Å². The molecule has 0 radical (unpaired) electrons. The van der Waals surface area contributed by atoms with E-state index in [4.69, 9.17) is 9.47 Å². The van der Waals surface area contributed by atoms with Crippen molar-refractivity contribution in [1.29, 1.82) is 0 Å². The summed E-state index contributed by atoms with van der Waals surface area (Å²) in [6.45, 7) is 0.409. The molecule has 222 valence electrons. The van der Waals surface area contributed by atoms with Gasteiger partial charge in [0.15, 0.2) is 0 Å². The Kier molecular flexibility index (Phi) is 6.89. The highest BCUT2D eigenvalue weighted by atomic mass is 32.1. The number of rotatable bonds is 7. The first kappa shape index (κ1) is 27.8. The van der Waals surface area contributed by atoms with Gasteiger partial charge in [0, 0.05) is 33.4 Å². The Balaban J connectivity index is 1.34. The van der Waals surface area contributed by atoms with E-state index in [-0.39, 0.29) is 42.5 Å². The first-order valence-corrected chi connectivity index (χ1v) is 16.0. The van der Waals surface area contributed by atoms with Crippen molar-refractivity contribution in [2.24, 2.45) is 29.6 Å². The van der Waals surface area contributed by atoms with Crippen molar-refractivity contribution >= 4 is 46.3 Å². The number of allylic oxidation sites excluding steroid dienone is 2. The highest BCUT2D eigenvalue weighted by Crippen LogP contribution is 2.60. The topological polar surface area (TPSA) is 113 Å². The molecule has 3 fully saturated rings. The zero-order valence-corrected chi connectivity index (χ0v) is 25.2. The van der Waals surface area contributed by atoms with Crippen LogP contribution in [0, 0.1) is 29.6 Å². The van der Waals surface area contributed by atoms with Gasteiger partial charge in [-0.2, -0.15) is 0 Å². The van der Waals surface area contributed by atoms with Gasteiger partial charge in [-0.15, -0.1) is 22.7 Å². The molecule has 9 nitrogen and oxygen atoms in total. The third-order valence-corrected chi connectivity index (χ3v) is 11.2. The number of likely N-dealkylation sites (tertiary alicyclic amines) is 2. The van der Waals surface area contributed by atoms with E-state index >= 15 is 0 Å². The van der Waals surface area contributed by atoms with Crippen LogP contribution in [0.15, 0.2) is 58.8 Å². The lowest BCUT2D eigenvalue weighted by Gasteiger charge is -2.44. The molecule has 4 aliphatic rings. The number of thiophene rings is 2. The number of amides is 4. The molecule has 3 aromatic rings. The number of ether oxygens (including phenoxy) is 2. The van der Waals surface area contributed by atoms with Crippen LogP contribution in [0.4, 0.5) is 0 Å². The molecule has 1 N–H and O–H groups in total. The second-order valence-corrected chi connectivity index (χ2v) is 13.5. The van der Waals surface area contributed by atoms with E-state index in [0.29, 0.717) is 29.9 Å². The number of phenolic OH excluding ortho intramolecular Hbond substituents is 1. The van der Waals surface area contributed by atoms with Gasteiger partial charge < -0.3 is 14.6 Å². The summed E-state index contributed by atoms with van der Waals surface area (Å²) in [7, 11) is 2.96. The molecule has 1 aromatic carbocycles. The lowest BCUT2D eigenvalue weighted by Crippen LogP contribution is -2.43. The molecule has 2 saturated heterocycles. The van der Waals surface area contributed by atoms with E-state index in [1.165, 1.54) is 58.8 Å². The third-order valence-electron chi connectivity index (χ3n) is 9.46. The molecule has 0 unspecified atom stereocenters. The van der Waals surface area contributed by atoms with Gasteiger partial charge in [0.05, 0.1) is 51.0 Å². The lowest BCUT2D eigenvalue weighted by molar-refractivity contribution is -0.142. The summed E-state index contributed by atoms with van der Waals surface area (Å²) >= 11 is 2.98. The van der Waals surface area contributed by atoms with Crippen molar-refractivity contribution in [2.45, 2.75) is 31.8 Å². The molecule has 6 atom stereocenters. The minimum atomic E-state index is -0.742. The molecule has 7 rings (SSSR count). The molecule has 2 aliphatic heterocycles. The van der Waals surface area contributed by atoms with Crippen molar-refractivity contribution in [2.75, 3.05) is 14.2 Å². The maximum atomic E-state index is 14.2. The van der Waals surface area contributed by atoms with Crippen LogP contribution >= 0.6 is 22.7 Å². The third kappa shape index (κ3) is 4.31. The summed E-state index contributed by atoms with van der Waals surface area (Å²) < 4.78 is 11.4. The van der Waals surface area contributed by atoms with Crippen LogP contribution in [0.5, 0.6) is 17.2 Å². The number of phenols is 1. The van der Waals surface area contributed by atoms with E-state index in [1.54, 1.807) is 0 Å². The van der Waals surface area contributed by atoms with Crippen molar-refractivity contribution in [3.63, 3.8) is 0 Å². The predicted molar refractivity (Wildman–Crippen MR) is 158 cm³/mol. The molecule has 43 heavy (non-hydrogen) atoms. The Bertz CT molecular complexity index is 1620. The van der Waals surface area contributed by atoms with Crippen molar-refractivity contribution in [1.82, 2.24) is 9.80 Å². The summed E-state index contributed by atoms with van der Waals surface area (Å²) in [5, 5.41) is 14.2. The monoisotopic (exact) mass is 618 g/mol. The summed E-state index contributed by atoms with van der Waals surface area (Å²) in [6, 6.07) is 10.5.